The molecule has 0 saturated heterocycles. The van der Waals surface area contributed by atoms with Crippen LogP contribution in [0.3, 0.4) is 0 Å². The van der Waals surface area contributed by atoms with E-state index in [0.717, 1.165) is 12.1 Å². The fourth-order valence-corrected chi connectivity index (χ4v) is 2.03. The van der Waals surface area contributed by atoms with E-state index in [-0.39, 0.29) is 5.48 Å². The summed E-state index contributed by atoms with van der Waals surface area (Å²) in [6.45, 7) is 0.856. The van der Waals surface area contributed by atoms with Crippen LogP contribution in [-0.2, 0) is 6.54 Å². The van der Waals surface area contributed by atoms with E-state index in [1.54, 1.807) is 0 Å². The quantitative estimate of drug-likeness (QED) is 0.643. The summed E-state index contributed by atoms with van der Waals surface area (Å²) in [6, 6.07) is 16.5. The Balaban J connectivity index is 0.00000120. The molecule has 0 atom stereocenters. The summed E-state index contributed by atoms with van der Waals surface area (Å²) in [5.41, 5.74) is 2.34. The summed E-state index contributed by atoms with van der Waals surface area (Å²) < 4.78 is 2.16. The molecule has 0 fully saturated rings. The van der Waals surface area contributed by atoms with E-state index in [1.165, 1.54) is 10.9 Å². The van der Waals surface area contributed by atoms with Crippen molar-refractivity contribution in [3.05, 3.63) is 72.7 Å². The summed E-state index contributed by atoms with van der Waals surface area (Å²) in [6.07, 6.45) is 5.99. The van der Waals surface area contributed by atoms with Crippen molar-refractivity contribution in [3.63, 3.8) is 0 Å². The van der Waals surface area contributed by atoms with E-state index < -0.39 is 0 Å². The first kappa shape index (κ1) is 12.2. The molecule has 0 bridgehead atoms. The van der Waals surface area contributed by atoms with Gasteiger partial charge >= 0.3 is 0 Å². The van der Waals surface area contributed by atoms with Crippen LogP contribution in [0.5, 0.6) is 0 Å². The summed E-state index contributed by atoms with van der Waals surface area (Å²) in [4.78, 5) is 4.46. The van der Waals surface area contributed by atoms with Gasteiger partial charge in [-0.2, -0.15) is 0 Å². The Morgan fingerprint density at radius 3 is 2.50 bits per heavy atom. The highest BCUT2D eigenvalue weighted by Gasteiger charge is 2.06. The zero-order valence-corrected chi connectivity index (χ0v) is 9.90. The van der Waals surface area contributed by atoms with Gasteiger partial charge in [0.15, 0.2) is 18.9 Å². The lowest BCUT2D eigenvalue weighted by molar-refractivity contribution is -0.688. The predicted molar refractivity (Wildman–Crippen MR) is 69.4 cm³/mol. The van der Waals surface area contributed by atoms with Crippen LogP contribution in [0.2, 0.25) is 0 Å². The molecule has 0 saturated carbocycles. The van der Waals surface area contributed by atoms with Gasteiger partial charge in [-0.3, -0.25) is 4.98 Å². The van der Waals surface area contributed by atoms with Crippen molar-refractivity contribution in [2.24, 2.45) is 0 Å². The molecule has 3 rings (SSSR count). The topological polar surface area (TPSA) is 46.8 Å². The van der Waals surface area contributed by atoms with Crippen molar-refractivity contribution in [2.45, 2.75) is 6.54 Å². The molecule has 0 radical (unpaired) electrons. The van der Waals surface area contributed by atoms with Gasteiger partial charge in [-0.05, 0) is 6.07 Å². The molecule has 0 aliphatic heterocycles. The fraction of sp³-hybridized carbons (Fsp3) is 0.0667. The first-order valence-corrected chi connectivity index (χ1v) is 5.70. The maximum Gasteiger partial charge on any atom is 0.175 e. The smallest absolute Gasteiger partial charge is 0.175 e. The minimum Gasteiger partial charge on any atom is -0.870 e. The number of rotatable bonds is 2. The molecule has 3 heteroatoms. The van der Waals surface area contributed by atoms with Crippen LogP contribution >= 0.6 is 0 Å². The van der Waals surface area contributed by atoms with Gasteiger partial charge in [0.25, 0.3) is 0 Å². The minimum absolute atomic E-state index is 0. The average Bonchev–Trinajstić information content (AvgIpc) is 2.40. The Kier molecular flexibility index (Phi) is 3.65. The van der Waals surface area contributed by atoms with Gasteiger partial charge < -0.3 is 5.48 Å². The molecule has 0 amide bonds. The standard InChI is InChI=1S/C15H13N2.H2O/c1-2-10-17(11-3-1)12-14-7-4-6-13-8-5-9-16-15(13)14;/h1-11H,12H2;1H2/q+1;/p-1. The van der Waals surface area contributed by atoms with Gasteiger partial charge in [0.1, 0.15) is 0 Å². The molecule has 0 spiro atoms. The van der Waals surface area contributed by atoms with Gasteiger partial charge in [0.05, 0.1) is 5.52 Å². The number of nitrogens with zero attached hydrogens (tertiary/aromatic N) is 2. The Morgan fingerprint density at radius 2 is 1.67 bits per heavy atom. The van der Waals surface area contributed by atoms with Gasteiger partial charge in [0, 0.05) is 29.3 Å². The summed E-state index contributed by atoms with van der Waals surface area (Å²) in [5, 5.41) is 1.20. The summed E-state index contributed by atoms with van der Waals surface area (Å²) in [7, 11) is 0. The fourth-order valence-electron chi connectivity index (χ4n) is 2.03. The van der Waals surface area contributed by atoms with Crippen molar-refractivity contribution >= 4 is 10.9 Å². The van der Waals surface area contributed by atoms with E-state index >= 15 is 0 Å². The van der Waals surface area contributed by atoms with Crippen LogP contribution < -0.4 is 4.57 Å². The van der Waals surface area contributed by atoms with Gasteiger partial charge in [-0.25, -0.2) is 4.57 Å². The normalized spacial score (nSPS) is 10.0. The molecule has 18 heavy (non-hydrogen) atoms. The number of hydrogen-bond acceptors (Lipinski definition) is 2. The number of aromatic nitrogens is 2. The van der Waals surface area contributed by atoms with Crippen molar-refractivity contribution in [1.29, 1.82) is 0 Å². The Bertz CT molecular complexity index is 633. The zero-order valence-electron chi connectivity index (χ0n) is 9.90. The maximum absolute atomic E-state index is 4.46. The first-order valence-electron chi connectivity index (χ1n) is 5.70. The van der Waals surface area contributed by atoms with Crippen molar-refractivity contribution in [2.75, 3.05) is 0 Å². The van der Waals surface area contributed by atoms with E-state index in [4.69, 9.17) is 0 Å². The predicted octanol–water partition coefficient (Wildman–Crippen LogP) is 2.39. The number of pyridine rings is 2. The Morgan fingerprint density at radius 1 is 0.889 bits per heavy atom. The number of fused-ring (bicyclic) bond motifs is 1. The molecular weight excluding hydrogens is 224 g/mol. The third-order valence-corrected chi connectivity index (χ3v) is 2.85. The summed E-state index contributed by atoms with van der Waals surface area (Å²) in [5.74, 6) is 0. The highest BCUT2D eigenvalue weighted by molar-refractivity contribution is 5.81. The van der Waals surface area contributed by atoms with Crippen LogP contribution in [0, 0.1) is 0 Å². The lowest BCUT2D eigenvalue weighted by Crippen LogP contribution is -2.32. The van der Waals surface area contributed by atoms with Crippen LogP contribution in [0.25, 0.3) is 10.9 Å². The SMILES string of the molecule is [OH-].c1cc[n+](Cc2cccc3cccnc23)cc1. The zero-order chi connectivity index (χ0) is 11.5. The molecule has 2 aromatic heterocycles. The Hall–Kier alpha value is -2.26. The second-order valence-electron chi connectivity index (χ2n) is 4.04. The van der Waals surface area contributed by atoms with Crippen LogP contribution in [0.4, 0.5) is 0 Å². The van der Waals surface area contributed by atoms with Gasteiger partial charge in [-0.15, -0.1) is 0 Å². The van der Waals surface area contributed by atoms with Crippen LogP contribution in [-0.4, -0.2) is 10.5 Å². The molecule has 0 unspecified atom stereocenters. The summed E-state index contributed by atoms with van der Waals surface area (Å²) >= 11 is 0. The van der Waals surface area contributed by atoms with Gasteiger partial charge in [0.2, 0.25) is 0 Å². The molecule has 3 nitrogen and oxygen atoms in total. The largest absolute Gasteiger partial charge is 0.870 e. The molecule has 1 aromatic carbocycles. The van der Waals surface area contributed by atoms with Crippen molar-refractivity contribution < 1.29 is 10.0 Å². The molecule has 0 aliphatic rings. The number of benzene rings is 1. The second-order valence-corrected chi connectivity index (χ2v) is 4.04. The van der Waals surface area contributed by atoms with E-state index in [0.29, 0.717) is 0 Å². The lowest BCUT2D eigenvalue weighted by Gasteiger charge is -2.02. The molecule has 3 aromatic rings. The molecule has 2 heterocycles. The number of hydrogen-bond donors (Lipinski definition) is 0. The molecule has 0 aliphatic carbocycles. The second kappa shape index (κ2) is 5.38. The minimum atomic E-state index is 0. The monoisotopic (exact) mass is 238 g/mol. The Labute approximate surface area is 106 Å². The van der Waals surface area contributed by atoms with E-state index in [2.05, 4.69) is 46.2 Å². The van der Waals surface area contributed by atoms with Crippen LogP contribution in [0.15, 0.2) is 67.1 Å². The molecular formula is C15H14N2O. The maximum atomic E-state index is 4.46. The van der Waals surface area contributed by atoms with Crippen molar-refractivity contribution in [1.82, 2.24) is 4.98 Å². The van der Waals surface area contributed by atoms with Crippen molar-refractivity contribution in [3.8, 4) is 0 Å². The van der Waals surface area contributed by atoms with E-state index in [1.807, 2.05) is 30.5 Å². The van der Waals surface area contributed by atoms with Gasteiger partial charge in [-0.1, -0.05) is 30.3 Å². The molecule has 1 N–H and O–H groups in total. The first-order chi connectivity index (χ1) is 8.43. The number of para-hydroxylation sites is 1. The third-order valence-electron chi connectivity index (χ3n) is 2.85. The highest BCUT2D eigenvalue weighted by atomic mass is 16.0. The highest BCUT2D eigenvalue weighted by Crippen LogP contribution is 2.15. The lowest BCUT2D eigenvalue weighted by atomic mass is 10.1. The van der Waals surface area contributed by atoms with E-state index in [9.17, 15) is 0 Å². The third kappa shape index (κ3) is 2.36. The average molecular weight is 238 g/mol. The molecule has 90 valence electrons. The van der Waals surface area contributed by atoms with Crippen LogP contribution in [0.1, 0.15) is 5.56 Å².